The van der Waals surface area contributed by atoms with Gasteiger partial charge in [0.2, 0.25) is 5.91 Å². The van der Waals surface area contributed by atoms with Crippen LogP contribution < -0.4 is 16.0 Å². The minimum atomic E-state index is 0. The number of para-hydroxylation sites is 1. The van der Waals surface area contributed by atoms with E-state index in [4.69, 9.17) is 5.73 Å². The summed E-state index contributed by atoms with van der Waals surface area (Å²) < 4.78 is 0. The number of aliphatic imine (C=N–C) groups is 1. The number of nitrogens with one attached hydrogen (secondary N) is 1. The molecule has 0 saturated carbocycles. The van der Waals surface area contributed by atoms with E-state index in [1.165, 1.54) is 16.8 Å². The maximum absolute atomic E-state index is 12.4. The van der Waals surface area contributed by atoms with Crippen LogP contribution in [-0.4, -0.2) is 49.5 Å². The van der Waals surface area contributed by atoms with Gasteiger partial charge in [-0.2, -0.15) is 0 Å². The van der Waals surface area contributed by atoms with Crippen LogP contribution in [0.3, 0.4) is 0 Å². The fourth-order valence-electron chi connectivity index (χ4n) is 3.29. The second kappa shape index (κ2) is 11.0. The molecule has 7 heteroatoms. The van der Waals surface area contributed by atoms with Gasteiger partial charge >= 0.3 is 0 Å². The molecule has 0 aromatic heterocycles. The molecule has 3 rings (SSSR count). The van der Waals surface area contributed by atoms with Gasteiger partial charge in [0, 0.05) is 44.0 Å². The van der Waals surface area contributed by atoms with Crippen molar-refractivity contribution in [3.8, 4) is 0 Å². The molecule has 1 amide bonds. The molecule has 0 unspecified atom stereocenters. The Morgan fingerprint density at radius 1 is 1.03 bits per heavy atom. The van der Waals surface area contributed by atoms with Crippen LogP contribution in [0.4, 0.5) is 11.4 Å². The van der Waals surface area contributed by atoms with Crippen molar-refractivity contribution >= 4 is 47.2 Å². The number of aryl methyl sites for hydroxylation is 2. The Morgan fingerprint density at radius 2 is 1.72 bits per heavy atom. The normalized spacial score (nSPS) is 14.3. The summed E-state index contributed by atoms with van der Waals surface area (Å²) >= 11 is 0. The molecule has 3 N–H and O–H groups in total. The molecule has 1 saturated heterocycles. The summed E-state index contributed by atoms with van der Waals surface area (Å²) in [7, 11) is 0. The predicted molar refractivity (Wildman–Crippen MR) is 131 cm³/mol. The number of nitrogens with two attached hydrogens (primary N) is 1. The number of guanidine groups is 1. The minimum Gasteiger partial charge on any atom is -0.370 e. The maximum Gasteiger partial charge on any atom is 0.224 e. The number of nitrogens with zero attached hydrogens (tertiary/aromatic N) is 3. The Kier molecular flexibility index (Phi) is 8.75. The highest BCUT2D eigenvalue weighted by molar-refractivity contribution is 14.0. The molecule has 1 aliphatic heterocycles. The van der Waals surface area contributed by atoms with E-state index in [1.807, 2.05) is 41.3 Å². The number of hydrogen-bond donors (Lipinski definition) is 2. The number of piperazine rings is 1. The average molecular weight is 507 g/mol. The van der Waals surface area contributed by atoms with Crippen LogP contribution in [0, 0.1) is 13.8 Å². The molecule has 6 nitrogen and oxygen atoms in total. The first-order chi connectivity index (χ1) is 13.5. The van der Waals surface area contributed by atoms with E-state index in [2.05, 4.69) is 41.2 Å². The second-order valence-electron chi connectivity index (χ2n) is 7.14. The van der Waals surface area contributed by atoms with E-state index in [0.29, 0.717) is 18.9 Å². The molecule has 0 atom stereocenters. The lowest BCUT2D eigenvalue weighted by Crippen LogP contribution is -2.48. The zero-order valence-electron chi connectivity index (χ0n) is 17.1. The molecule has 1 aliphatic rings. The van der Waals surface area contributed by atoms with Gasteiger partial charge < -0.3 is 20.9 Å². The van der Waals surface area contributed by atoms with Gasteiger partial charge in [0.1, 0.15) is 0 Å². The second-order valence-corrected chi connectivity index (χ2v) is 7.14. The van der Waals surface area contributed by atoms with Crippen molar-refractivity contribution in [1.29, 1.82) is 0 Å². The van der Waals surface area contributed by atoms with Crippen LogP contribution >= 0.6 is 24.0 Å². The molecule has 156 valence electrons. The molecule has 1 fully saturated rings. The third-order valence-electron chi connectivity index (χ3n) is 5.14. The molecule has 1 heterocycles. The Balaban J connectivity index is 0.00000300. The third kappa shape index (κ3) is 6.62. The number of anilines is 2. The molecule has 29 heavy (non-hydrogen) atoms. The SMILES string of the molecule is Cc1ccc(NC(N)=NCCC(=O)N2CCN(c3ccccc3)CC2)cc1C.I. The lowest BCUT2D eigenvalue weighted by molar-refractivity contribution is -0.131. The van der Waals surface area contributed by atoms with Gasteiger partial charge in [-0.25, -0.2) is 0 Å². The van der Waals surface area contributed by atoms with Crippen molar-refractivity contribution in [2.24, 2.45) is 10.7 Å². The largest absolute Gasteiger partial charge is 0.370 e. The number of carbonyl (C=O) groups excluding carboxylic acids is 1. The third-order valence-corrected chi connectivity index (χ3v) is 5.14. The van der Waals surface area contributed by atoms with Crippen LogP contribution in [0.2, 0.25) is 0 Å². The molecular weight excluding hydrogens is 477 g/mol. The summed E-state index contributed by atoms with van der Waals surface area (Å²) in [5.74, 6) is 0.473. The number of rotatable bonds is 5. The summed E-state index contributed by atoms with van der Waals surface area (Å²) in [6, 6.07) is 16.4. The number of hydrogen-bond acceptors (Lipinski definition) is 3. The number of benzene rings is 2. The summed E-state index contributed by atoms with van der Waals surface area (Å²) in [5, 5.41) is 3.08. The first kappa shape index (κ1) is 23.0. The summed E-state index contributed by atoms with van der Waals surface area (Å²) in [4.78, 5) is 21.0. The molecule has 0 spiro atoms. The van der Waals surface area contributed by atoms with Crippen molar-refractivity contribution < 1.29 is 4.79 Å². The van der Waals surface area contributed by atoms with Gasteiger partial charge in [0.05, 0.1) is 6.54 Å². The van der Waals surface area contributed by atoms with Gasteiger partial charge in [-0.05, 0) is 49.2 Å². The quantitative estimate of drug-likeness (QED) is 0.370. The standard InChI is InChI=1S/C22H29N5O.HI/c1-17-8-9-19(16-18(17)2)25-22(23)24-11-10-21(28)27-14-12-26(13-15-27)20-6-4-3-5-7-20;/h3-9,16H,10-15H2,1-2H3,(H3,23,24,25);1H. The van der Waals surface area contributed by atoms with E-state index >= 15 is 0 Å². The Labute approximate surface area is 190 Å². The maximum atomic E-state index is 12.4. The molecule has 2 aromatic carbocycles. The summed E-state index contributed by atoms with van der Waals surface area (Å²) in [5.41, 5.74) is 10.5. The topological polar surface area (TPSA) is 74.0 Å². The monoisotopic (exact) mass is 507 g/mol. The van der Waals surface area contributed by atoms with Crippen molar-refractivity contribution in [1.82, 2.24) is 4.90 Å². The van der Waals surface area contributed by atoms with Crippen LogP contribution in [0.15, 0.2) is 53.5 Å². The van der Waals surface area contributed by atoms with E-state index < -0.39 is 0 Å². The van der Waals surface area contributed by atoms with Gasteiger partial charge in [-0.15, -0.1) is 24.0 Å². The van der Waals surface area contributed by atoms with Crippen molar-refractivity contribution in [2.75, 3.05) is 42.9 Å². The van der Waals surface area contributed by atoms with Gasteiger partial charge in [-0.1, -0.05) is 24.3 Å². The molecule has 2 aromatic rings. The zero-order chi connectivity index (χ0) is 19.9. The lowest BCUT2D eigenvalue weighted by atomic mass is 10.1. The molecule has 0 bridgehead atoms. The smallest absolute Gasteiger partial charge is 0.224 e. The first-order valence-corrected chi connectivity index (χ1v) is 9.75. The van der Waals surface area contributed by atoms with Crippen molar-refractivity contribution in [3.63, 3.8) is 0 Å². The zero-order valence-corrected chi connectivity index (χ0v) is 19.4. The van der Waals surface area contributed by atoms with Gasteiger partial charge in [0.15, 0.2) is 5.96 Å². The van der Waals surface area contributed by atoms with Crippen LogP contribution in [0.25, 0.3) is 0 Å². The fourth-order valence-corrected chi connectivity index (χ4v) is 3.29. The van der Waals surface area contributed by atoms with Crippen molar-refractivity contribution in [3.05, 3.63) is 59.7 Å². The van der Waals surface area contributed by atoms with Crippen LogP contribution in [-0.2, 0) is 4.79 Å². The minimum absolute atomic E-state index is 0. The van der Waals surface area contributed by atoms with E-state index in [-0.39, 0.29) is 29.9 Å². The molecule has 0 aliphatic carbocycles. The van der Waals surface area contributed by atoms with E-state index in [0.717, 1.165) is 31.9 Å². The highest BCUT2D eigenvalue weighted by atomic mass is 127. The Hall–Kier alpha value is -2.29. The average Bonchev–Trinajstić information content (AvgIpc) is 2.71. The number of carbonyl (C=O) groups is 1. The molecular formula is C22H30IN5O. The predicted octanol–water partition coefficient (Wildman–Crippen LogP) is 3.39. The number of amides is 1. The van der Waals surface area contributed by atoms with Crippen molar-refractivity contribution in [2.45, 2.75) is 20.3 Å². The Bertz CT molecular complexity index is 832. The Morgan fingerprint density at radius 3 is 2.38 bits per heavy atom. The summed E-state index contributed by atoms with van der Waals surface area (Å²) in [6.07, 6.45) is 0.376. The van der Waals surface area contributed by atoms with Crippen LogP contribution in [0.5, 0.6) is 0 Å². The van der Waals surface area contributed by atoms with E-state index in [9.17, 15) is 4.79 Å². The first-order valence-electron chi connectivity index (χ1n) is 9.75. The fraction of sp³-hybridized carbons (Fsp3) is 0.364. The molecule has 0 radical (unpaired) electrons. The number of halogens is 1. The lowest BCUT2D eigenvalue weighted by Gasteiger charge is -2.36. The highest BCUT2D eigenvalue weighted by Crippen LogP contribution is 2.16. The summed E-state index contributed by atoms with van der Waals surface area (Å²) in [6.45, 7) is 7.72. The van der Waals surface area contributed by atoms with E-state index in [1.54, 1.807) is 0 Å². The van der Waals surface area contributed by atoms with Crippen LogP contribution in [0.1, 0.15) is 17.5 Å². The van der Waals surface area contributed by atoms with Gasteiger partial charge in [-0.3, -0.25) is 9.79 Å². The highest BCUT2D eigenvalue weighted by Gasteiger charge is 2.20. The van der Waals surface area contributed by atoms with Gasteiger partial charge in [0.25, 0.3) is 0 Å².